The summed E-state index contributed by atoms with van der Waals surface area (Å²) in [7, 11) is -3.98. The van der Waals surface area contributed by atoms with Gasteiger partial charge in [-0.25, -0.2) is 12.8 Å². The molecule has 32 heavy (non-hydrogen) atoms. The molecule has 0 saturated carbocycles. The molecule has 1 saturated heterocycles. The molecule has 1 aliphatic heterocycles. The highest BCUT2D eigenvalue weighted by molar-refractivity contribution is 7.89. The molecule has 4 rings (SSSR count). The van der Waals surface area contributed by atoms with E-state index in [1.165, 1.54) is 22.5 Å². The first-order valence-electron chi connectivity index (χ1n) is 9.91. The number of rotatable bonds is 6. The summed E-state index contributed by atoms with van der Waals surface area (Å²) in [5, 5.41) is 3.76. The Morgan fingerprint density at radius 1 is 1.09 bits per heavy atom. The van der Waals surface area contributed by atoms with Gasteiger partial charge >= 0.3 is 0 Å². The van der Waals surface area contributed by atoms with Gasteiger partial charge in [-0.2, -0.15) is 9.29 Å². The number of amides is 1. The molecule has 168 valence electrons. The predicted molar refractivity (Wildman–Crippen MR) is 111 cm³/mol. The first-order chi connectivity index (χ1) is 15.4. The number of halogens is 1. The van der Waals surface area contributed by atoms with Crippen molar-refractivity contribution < 1.29 is 26.9 Å². The average Bonchev–Trinajstić information content (AvgIpc) is 3.23. The van der Waals surface area contributed by atoms with Crippen molar-refractivity contribution >= 4 is 15.9 Å². The smallest absolute Gasteiger partial charge is 0.257 e. The number of benzene rings is 2. The maximum atomic E-state index is 14.0. The summed E-state index contributed by atoms with van der Waals surface area (Å²) in [4.78, 5) is 18.3. The molecule has 0 radical (unpaired) electrons. The van der Waals surface area contributed by atoms with E-state index in [0.29, 0.717) is 23.0 Å². The first kappa shape index (κ1) is 21.9. The van der Waals surface area contributed by atoms with Gasteiger partial charge in [-0.3, -0.25) is 4.79 Å². The van der Waals surface area contributed by atoms with E-state index in [2.05, 4.69) is 10.1 Å². The minimum Gasteiger partial charge on any atom is -0.485 e. The molecule has 1 fully saturated rings. The summed E-state index contributed by atoms with van der Waals surface area (Å²) in [6, 6.07) is 12.0. The quantitative estimate of drug-likeness (QED) is 0.555. The lowest BCUT2D eigenvalue weighted by Gasteiger charge is -2.34. The van der Waals surface area contributed by atoms with E-state index in [1.807, 2.05) is 0 Å². The lowest BCUT2D eigenvalue weighted by atomic mass is 10.1. The normalized spacial score (nSPS) is 15.0. The summed E-state index contributed by atoms with van der Waals surface area (Å²) in [5.41, 5.74) is 0.345. The number of piperazine rings is 1. The third-order valence-electron chi connectivity index (χ3n) is 5.02. The second kappa shape index (κ2) is 9.05. The number of hydrogen-bond acceptors (Lipinski definition) is 7. The van der Waals surface area contributed by atoms with Crippen molar-refractivity contribution in [3.63, 3.8) is 0 Å². The van der Waals surface area contributed by atoms with E-state index in [4.69, 9.17) is 9.26 Å². The van der Waals surface area contributed by atoms with Gasteiger partial charge in [0, 0.05) is 33.1 Å². The Kier molecular flexibility index (Phi) is 6.19. The number of nitrogens with zero attached hydrogens (tertiary/aromatic N) is 4. The molecule has 2 aromatic carbocycles. The lowest BCUT2D eigenvalue weighted by Crippen LogP contribution is -2.50. The molecule has 1 aromatic heterocycles. The molecule has 0 bridgehead atoms. The minimum atomic E-state index is -3.98. The SMILES string of the molecule is Cc1nc(COc2ccccc2C(=O)N2CCN(S(=O)(=O)c3ccccc3F)CC2)no1. The zero-order valence-electron chi connectivity index (χ0n) is 17.3. The number of carbonyl (C=O) groups is 1. The van der Waals surface area contributed by atoms with Crippen molar-refractivity contribution in [1.29, 1.82) is 0 Å². The van der Waals surface area contributed by atoms with Gasteiger partial charge in [0.15, 0.2) is 6.61 Å². The maximum absolute atomic E-state index is 14.0. The van der Waals surface area contributed by atoms with Gasteiger partial charge in [-0.05, 0) is 24.3 Å². The summed E-state index contributed by atoms with van der Waals surface area (Å²) in [5.74, 6) is 0.0518. The third kappa shape index (κ3) is 4.48. The van der Waals surface area contributed by atoms with Gasteiger partial charge in [0.1, 0.15) is 16.5 Å². The van der Waals surface area contributed by atoms with E-state index in [-0.39, 0.29) is 43.6 Å². The second-order valence-electron chi connectivity index (χ2n) is 7.14. The van der Waals surface area contributed by atoms with Gasteiger partial charge in [0.25, 0.3) is 5.91 Å². The standard InChI is InChI=1S/C21H21FN4O5S/c1-15-23-20(24-31-15)14-30-18-8-4-2-6-16(18)21(27)25-10-12-26(13-11-25)32(28,29)19-9-5-3-7-17(19)22/h2-9H,10-14H2,1H3. The molecule has 1 amide bonds. The van der Waals surface area contributed by atoms with Crippen LogP contribution in [0.15, 0.2) is 57.9 Å². The van der Waals surface area contributed by atoms with Crippen LogP contribution in [0.25, 0.3) is 0 Å². The van der Waals surface area contributed by atoms with Gasteiger partial charge in [0.2, 0.25) is 21.7 Å². The van der Waals surface area contributed by atoms with Crippen LogP contribution >= 0.6 is 0 Å². The summed E-state index contributed by atoms with van der Waals surface area (Å²) < 4.78 is 51.4. The largest absolute Gasteiger partial charge is 0.485 e. The number of carbonyl (C=O) groups excluding carboxylic acids is 1. The Hall–Kier alpha value is -3.31. The monoisotopic (exact) mass is 460 g/mol. The fourth-order valence-electron chi connectivity index (χ4n) is 3.41. The Labute approximate surface area is 184 Å². The Bertz CT molecular complexity index is 1220. The Morgan fingerprint density at radius 2 is 1.78 bits per heavy atom. The van der Waals surface area contributed by atoms with Crippen LogP contribution in [0.2, 0.25) is 0 Å². The van der Waals surface area contributed by atoms with Crippen molar-refractivity contribution in [3.8, 4) is 5.75 Å². The third-order valence-corrected chi connectivity index (χ3v) is 6.96. The fourth-order valence-corrected chi connectivity index (χ4v) is 4.89. The molecule has 9 nitrogen and oxygen atoms in total. The van der Waals surface area contributed by atoms with Crippen LogP contribution in [0, 0.1) is 12.7 Å². The van der Waals surface area contributed by atoms with Crippen LogP contribution in [0.1, 0.15) is 22.1 Å². The van der Waals surface area contributed by atoms with Gasteiger partial charge in [0.05, 0.1) is 5.56 Å². The summed E-state index contributed by atoms with van der Waals surface area (Å²) in [6.45, 7) is 2.17. The maximum Gasteiger partial charge on any atom is 0.257 e. The minimum absolute atomic E-state index is 0.0380. The Balaban J connectivity index is 1.43. The number of aromatic nitrogens is 2. The van der Waals surface area contributed by atoms with Crippen LogP contribution in [-0.4, -0.2) is 59.8 Å². The number of sulfonamides is 1. The van der Waals surface area contributed by atoms with Crippen molar-refractivity contribution in [2.75, 3.05) is 26.2 Å². The fraction of sp³-hybridized carbons (Fsp3) is 0.286. The van der Waals surface area contributed by atoms with E-state index in [1.54, 1.807) is 36.1 Å². The second-order valence-corrected chi connectivity index (χ2v) is 9.05. The van der Waals surface area contributed by atoms with Gasteiger partial charge < -0.3 is 14.2 Å². The number of hydrogen-bond donors (Lipinski definition) is 0. The highest BCUT2D eigenvalue weighted by Gasteiger charge is 2.32. The van der Waals surface area contributed by atoms with Crippen LogP contribution in [0.4, 0.5) is 4.39 Å². The number of para-hydroxylation sites is 1. The number of aryl methyl sites for hydroxylation is 1. The van der Waals surface area contributed by atoms with Gasteiger partial charge in [-0.15, -0.1) is 0 Å². The van der Waals surface area contributed by atoms with Gasteiger partial charge in [-0.1, -0.05) is 29.4 Å². The van der Waals surface area contributed by atoms with Crippen molar-refractivity contribution in [2.45, 2.75) is 18.4 Å². The topological polar surface area (TPSA) is 106 Å². The molecule has 2 heterocycles. The Morgan fingerprint density at radius 3 is 2.47 bits per heavy atom. The molecule has 1 aliphatic rings. The van der Waals surface area contributed by atoms with Crippen molar-refractivity contribution in [3.05, 3.63) is 71.6 Å². The van der Waals surface area contributed by atoms with E-state index in [9.17, 15) is 17.6 Å². The zero-order valence-corrected chi connectivity index (χ0v) is 18.1. The molecule has 0 N–H and O–H groups in total. The summed E-state index contributed by atoms with van der Waals surface area (Å²) >= 11 is 0. The molecule has 3 aromatic rings. The number of ether oxygens (including phenoxy) is 1. The predicted octanol–water partition coefficient (Wildman–Crippen LogP) is 2.24. The van der Waals surface area contributed by atoms with Crippen molar-refractivity contribution in [2.24, 2.45) is 0 Å². The van der Waals surface area contributed by atoms with Crippen LogP contribution in [-0.2, 0) is 16.6 Å². The molecule has 0 spiro atoms. The van der Waals surface area contributed by atoms with E-state index < -0.39 is 15.8 Å². The summed E-state index contributed by atoms with van der Waals surface area (Å²) in [6.07, 6.45) is 0. The zero-order chi connectivity index (χ0) is 22.7. The molecular formula is C21H21FN4O5S. The van der Waals surface area contributed by atoms with Crippen LogP contribution < -0.4 is 4.74 Å². The molecule has 11 heteroatoms. The molecule has 0 atom stereocenters. The van der Waals surface area contributed by atoms with E-state index in [0.717, 1.165) is 6.07 Å². The molecule has 0 aliphatic carbocycles. The lowest BCUT2D eigenvalue weighted by molar-refractivity contribution is 0.0692. The van der Waals surface area contributed by atoms with E-state index >= 15 is 0 Å². The van der Waals surface area contributed by atoms with Crippen LogP contribution in [0.3, 0.4) is 0 Å². The van der Waals surface area contributed by atoms with Crippen molar-refractivity contribution in [1.82, 2.24) is 19.3 Å². The first-order valence-corrected chi connectivity index (χ1v) is 11.4. The highest BCUT2D eigenvalue weighted by atomic mass is 32.2. The molecular weight excluding hydrogens is 439 g/mol. The van der Waals surface area contributed by atoms with Crippen LogP contribution in [0.5, 0.6) is 5.75 Å². The highest BCUT2D eigenvalue weighted by Crippen LogP contribution is 2.24. The molecule has 0 unspecified atom stereocenters. The average molecular weight is 460 g/mol.